The average molecular weight is 469 g/mol. The maximum absolute atomic E-state index is 14.5. The van der Waals surface area contributed by atoms with Gasteiger partial charge in [-0.2, -0.15) is 5.10 Å². The minimum absolute atomic E-state index is 0.0620. The summed E-state index contributed by atoms with van der Waals surface area (Å²) in [6.45, 7) is 3.82. The summed E-state index contributed by atoms with van der Waals surface area (Å²) in [4.78, 5) is 26.2. The van der Waals surface area contributed by atoms with Crippen LogP contribution >= 0.6 is 0 Å². The van der Waals surface area contributed by atoms with Crippen LogP contribution in [0, 0.1) is 23.2 Å². The van der Waals surface area contributed by atoms with E-state index in [2.05, 4.69) is 16.9 Å². The summed E-state index contributed by atoms with van der Waals surface area (Å²) in [6, 6.07) is 6.89. The second kappa shape index (κ2) is 7.37. The largest absolute Gasteiger partial charge is 0.461 e. The highest BCUT2D eigenvalue weighted by molar-refractivity contribution is 5.90. The van der Waals surface area contributed by atoms with Crippen molar-refractivity contribution in [2.45, 2.75) is 44.6 Å². The number of esters is 1. The van der Waals surface area contributed by atoms with Crippen LogP contribution in [0.15, 0.2) is 24.3 Å². The zero-order valence-electron chi connectivity index (χ0n) is 19.2. The number of carbonyl (C=O) groups is 2. The van der Waals surface area contributed by atoms with E-state index in [1.807, 2.05) is 0 Å². The third kappa shape index (κ3) is 3.16. The Kier molecular flexibility index (Phi) is 4.89. The molecule has 1 saturated carbocycles. The summed E-state index contributed by atoms with van der Waals surface area (Å²) in [6.07, 6.45) is 0.372. The average Bonchev–Trinajstić information content (AvgIpc) is 3.06. The van der Waals surface area contributed by atoms with Gasteiger partial charge in [-0.25, -0.2) is 18.3 Å². The maximum Gasteiger partial charge on any atom is 0.359 e. The molecule has 2 heterocycles. The first kappa shape index (κ1) is 22.5. The lowest BCUT2D eigenvalue weighted by atomic mass is 9.87. The number of likely N-dealkylation sites (tertiary alicyclic amines) is 1. The SMILES string of the molecule is CCOC(=O)c1nn(-c2cccc(C#C[C@]3(O)CCN(C)C3=O)c2)c2c1CC1C(F)(F)C1(C)C2. The number of carbonyl (C=O) groups excluding carboxylic acids is 2. The summed E-state index contributed by atoms with van der Waals surface area (Å²) < 4.78 is 35.7. The van der Waals surface area contributed by atoms with Gasteiger partial charge in [0.25, 0.3) is 11.8 Å². The predicted octanol–water partition coefficient (Wildman–Crippen LogP) is 2.36. The lowest BCUT2D eigenvalue weighted by Crippen LogP contribution is -2.37. The van der Waals surface area contributed by atoms with Crippen LogP contribution in [-0.4, -0.2) is 63.4 Å². The molecule has 1 aromatic carbocycles. The summed E-state index contributed by atoms with van der Waals surface area (Å²) in [5.74, 6) is 0.840. The number of likely N-dealkylation sites (N-methyl/N-ethyl adjacent to an activating group) is 1. The van der Waals surface area contributed by atoms with Crippen molar-refractivity contribution < 1.29 is 28.2 Å². The van der Waals surface area contributed by atoms with Crippen LogP contribution in [0.25, 0.3) is 5.69 Å². The van der Waals surface area contributed by atoms with Gasteiger partial charge in [0.15, 0.2) is 5.69 Å². The van der Waals surface area contributed by atoms with Crippen LogP contribution in [0.2, 0.25) is 0 Å². The van der Waals surface area contributed by atoms with Crippen LogP contribution in [-0.2, 0) is 22.4 Å². The molecule has 3 aliphatic rings. The monoisotopic (exact) mass is 469 g/mol. The Bertz CT molecular complexity index is 1280. The Morgan fingerprint density at radius 1 is 1.38 bits per heavy atom. The highest BCUT2D eigenvalue weighted by Gasteiger charge is 2.78. The highest BCUT2D eigenvalue weighted by Crippen LogP contribution is 2.70. The number of halogens is 2. The van der Waals surface area contributed by atoms with Crippen LogP contribution in [0.5, 0.6) is 0 Å². The quantitative estimate of drug-likeness (QED) is 0.551. The molecular weight excluding hydrogens is 444 g/mol. The zero-order chi connectivity index (χ0) is 24.5. The van der Waals surface area contributed by atoms with Crippen molar-refractivity contribution in [2.75, 3.05) is 20.2 Å². The fourth-order valence-corrected chi connectivity index (χ4v) is 5.14. The lowest BCUT2D eigenvalue weighted by molar-refractivity contribution is -0.137. The number of fused-ring (bicyclic) bond motifs is 2. The van der Waals surface area contributed by atoms with Crippen molar-refractivity contribution in [3.63, 3.8) is 0 Å². The van der Waals surface area contributed by atoms with E-state index < -0.39 is 34.7 Å². The number of hydrogen-bond acceptors (Lipinski definition) is 5. The summed E-state index contributed by atoms with van der Waals surface area (Å²) >= 11 is 0. The van der Waals surface area contributed by atoms with E-state index in [-0.39, 0.29) is 31.6 Å². The van der Waals surface area contributed by atoms with E-state index in [1.165, 1.54) is 9.58 Å². The van der Waals surface area contributed by atoms with Crippen LogP contribution in [0.3, 0.4) is 0 Å². The second-order valence-electron chi connectivity index (χ2n) is 9.52. The molecule has 3 atom stereocenters. The number of rotatable bonds is 3. The van der Waals surface area contributed by atoms with Gasteiger partial charge in [0.05, 0.1) is 12.3 Å². The van der Waals surface area contributed by atoms with E-state index in [0.29, 0.717) is 29.1 Å². The van der Waals surface area contributed by atoms with E-state index in [0.717, 1.165) is 0 Å². The fraction of sp³-hybridized carbons (Fsp3) is 0.480. The van der Waals surface area contributed by atoms with Gasteiger partial charge in [-0.05, 0) is 31.5 Å². The molecule has 2 fully saturated rings. The van der Waals surface area contributed by atoms with Crippen LogP contribution in [0.1, 0.15) is 47.6 Å². The van der Waals surface area contributed by atoms with Gasteiger partial charge in [-0.1, -0.05) is 24.8 Å². The molecule has 2 aliphatic carbocycles. The van der Waals surface area contributed by atoms with E-state index >= 15 is 0 Å². The summed E-state index contributed by atoms with van der Waals surface area (Å²) in [5.41, 5.74) is -0.697. The summed E-state index contributed by atoms with van der Waals surface area (Å²) in [7, 11) is 1.61. The Morgan fingerprint density at radius 3 is 2.82 bits per heavy atom. The molecule has 2 aromatic rings. The molecule has 1 aromatic heterocycles. The van der Waals surface area contributed by atoms with Crippen molar-refractivity contribution in [3.05, 3.63) is 46.8 Å². The number of amides is 1. The number of aromatic nitrogens is 2. The first-order valence-electron chi connectivity index (χ1n) is 11.3. The van der Waals surface area contributed by atoms with Gasteiger partial charge < -0.3 is 14.7 Å². The third-order valence-corrected chi connectivity index (χ3v) is 7.40. The minimum Gasteiger partial charge on any atom is -0.461 e. The van der Waals surface area contributed by atoms with Gasteiger partial charge in [-0.15, -0.1) is 0 Å². The van der Waals surface area contributed by atoms with E-state index in [9.17, 15) is 23.5 Å². The minimum atomic E-state index is -2.80. The second-order valence-corrected chi connectivity index (χ2v) is 9.52. The Labute approximate surface area is 195 Å². The normalized spacial score (nSPS) is 28.6. The smallest absolute Gasteiger partial charge is 0.359 e. The van der Waals surface area contributed by atoms with Gasteiger partial charge in [0.2, 0.25) is 5.60 Å². The Hall–Kier alpha value is -3.25. The number of benzene rings is 1. The van der Waals surface area contributed by atoms with Crippen molar-refractivity contribution in [2.24, 2.45) is 11.3 Å². The molecule has 0 radical (unpaired) electrons. The van der Waals surface area contributed by atoms with Crippen molar-refractivity contribution >= 4 is 11.9 Å². The molecule has 5 rings (SSSR count). The van der Waals surface area contributed by atoms with Crippen molar-refractivity contribution in [1.29, 1.82) is 0 Å². The topological polar surface area (TPSA) is 84.7 Å². The standard InChI is InChI=1S/C25H25F2N3O4/c1-4-34-21(31)20-17-13-19-23(2,25(19,26)27)14-18(17)30(28-20)16-7-5-6-15(12-16)8-9-24(33)10-11-29(3)22(24)32/h5-7,12,19,33H,4,10-11,13-14H2,1-3H3/t19?,23?,24-/m0/s1. The van der Waals surface area contributed by atoms with Gasteiger partial charge in [-0.3, -0.25) is 4.79 Å². The molecule has 1 aliphatic heterocycles. The van der Waals surface area contributed by atoms with E-state index in [4.69, 9.17) is 4.74 Å². The molecular formula is C25H25F2N3O4. The zero-order valence-corrected chi connectivity index (χ0v) is 19.2. The molecule has 2 unspecified atom stereocenters. The number of alkyl halides is 2. The fourth-order valence-electron chi connectivity index (χ4n) is 5.14. The first-order valence-corrected chi connectivity index (χ1v) is 11.3. The van der Waals surface area contributed by atoms with Gasteiger partial charge >= 0.3 is 5.97 Å². The molecule has 34 heavy (non-hydrogen) atoms. The predicted molar refractivity (Wildman–Crippen MR) is 118 cm³/mol. The molecule has 1 N–H and O–H groups in total. The van der Waals surface area contributed by atoms with Crippen LogP contribution < -0.4 is 0 Å². The van der Waals surface area contributed by atoms with Gasteiger partial charge in [0.1, 0.15) is 0 Å². The molecule has 9 heteroatoms. The number of nitrogens with zero attached hydrogens (tertiary/aromatic N) is 3. The number of hydrogen-bond donors (Lipinski definition) is 1. The maximum atomic E-state index is 14.5. The van der Waals surface area contributed by atoms with Crippen molar-refractivity contribution in [3.8, 4) is 17.5 Å². The molecule has 1 saturated heterocycles. The molecule has 1 amide bonds. The highest BCUT2D eigenvalue weighted by atomic mass is 19.3. The Morgan fingerprint density at radius 2 is 2.15 bits per heavy atom. The molecule has 7 nitrogen and oxygen atoms in total. The van der Waals surface area contributed by atoms with Crippen LogP contribution in [0.4, 0.5) is 8.78 Å². The molecule has 0 bridgehead atoms. The summed E-state index contributed by atoms with van der Waals surface area (Å²) in [5, 5.41) is 15.0. The number of ether oxygens (including phenoxy) is 1. The first-order chi connectivity index (χ1) is 16.0. The third-order valence-electron chi connectivity index (χ3n) is 7.40. The molecule has 0 spiro atoms. The Balaban J connectivity index is 1.54. The lowest BCUT2D eigenvalue weighted by Gasteiger charge is -2.18. The van der Waals surface area contributed by atoms with Crippen molar-refractivity contribution in [1.82, 2.24) is 14.7 Å². The molecule has 178 valence electrons. The van der Waals surface area contributed by atoms with E-state index in [1.54, 1.807) is 45.2 Å². The number of aliphatic hydroxyl groups is 1. The van der Waals surface area contributed by atoms with Gasteiger partial charge in [0, 0.05) is 54.6 Å².